The molecule has 2 aromatic carbocycles. The first-order chi connectivity index (χ1) is 11.4. The predicted octanol–water partition coefficient (Wildman–Crippen LogP) is 4.26. The van der Waals surface area contributed by atoms with Gasteiger partial charge >= 0.3 is 12.1 Å². The summed E-state index contributed by atoms with van der Waals surface area (Å²) < 4.78 is 40.3. The number of hydrogen-bond acceptors (Lipinski definition) is 2. The molecule has 122 valence electrons. The van der Waals surface area contributed by atoms with Crippen molar-refractivity contribution >= 4 is 5.97 Å². The molecule has 1 N–H and O–H groups in total. The highest BCUT2D eigenvalue weighted by Crippen LogP contribution is 2.33. The summed E-state index contributed by atoms with van der Waals surface area (Å²) >= 11 is 0. The van der Waals surface area contributed by atoms with Crippen molar-refractivity contribution in [2.45, 2.75) is 6.18 Å². The lowest BCUT2D eigenvalue weighted by molar-refractivity contribution is -0.141. The van der Waals surface area contributed by atoms with Crippen LogP contribution in [0, 0.1) is 0 Å². The van der Waals surface area contributed by atoms with Crippen molar-refractivity contribution in [3.05, 3.63) is 71.9 Å². The van der Waals surface area contributed by atoms with E-state index in [2.05, 4.69) is 5.10 Å². The summed E-state index contributed by atoms with van der Waals surface area (Å²) in [6, 6.07) is 15.0. The fraction of sp³-hybridized carbons (Fsp3) is 0.0588. The Morgan fingerprint density at radius 1 is 1.00 bits per heavy atom. The van der Waals surface area contributed by atoms with E-state index in [9.17, 15) is 18.0 Å². The maximum atomic E-state index is 13.0. The topological polar surface area (TPSA) is 55.1 Å². The predicted molar refractivity (Wildman–Crippen MR) is 81.0 cm³/mol. The SMILES string of the molecule is O=C(O)c1ccc(-c2cc(C(F)(F)F)nn2-c2ccccc2)cc1. The molecule has 0 unspecified atom stereocenters. The molecule has 0 saturated carbocycles. The summed E-state index contributed by atoms with van der Waals surface area (Å²) in [5.41, 5.74) is 0.187. The first-order valence-electron chi connectivity index (χ1n) is 6.92. The van der Waals surface area contributed by atoms with E-state index in [-0.39, 0.29) is 11.3 Å². The molecule has 0 fully saturated rings. The van der Waals surface area contributed by atoms with E-state index in [4.69, 9.17) is 5.11 Å². The van der Waals surface area contributed by atoms with Gasteiger partial charge in [-0.3, -0.25) is 0 Å². The van der Waals surface area contributed by atoms with Gasteiger partial charge in [0.05, 0.1) is 16.9 Å². The van der Waals surface area contributed by atoms with Gasteiger partial charge < -0.3 is 5.11 Å². The molecule has 0 amide bonds. The second kappa shape index (κ2) is 5.84. The van der Waals surface area contributed by atoms with Crippen LogP contribution in [0.15, 0.2) is 60.7 Å². The molecule has 0 aliphatic heterocycles. The molecule has 4 nitrogen and oxygen atoms in total. The quantitative estimate of drug-likeness (QED) is 0.780. The molecule has 3 aromatic rings. The van der Waals surface area contributed by atoms with Gasteiger partial charge in [0.2, 0.25) is 0 Å². The number of para-hydroxylation sites is 1. The number of hydrogen-bond donors (Lipinski definition) is 1. The molecule has 7 heteroatoms. The summed E-state index contributed by atoms with van der Waals surface area (Å²) in [5, 5.41) is 12.6. The van der Waals surface area contributed by atoms with Crippen molar-refractivity contribution in [3.8, 4) is 16.9 Å². The highest BCUT2D eigenvalue weighted by Gasteiger charge is 2.35. The summed E-state index contributed by atoms with van der Waals surface area (Å²) in [7, 11) is 0. The van der Waals surface area contributed by atoms with Gasteiger partial charge in [-0.25, -0.2) is 9.48 Å². The van der Waals surface area contributed by atoms with Gasteiger partial charge in [0.25, 0.3) is 0 Å². The van der Waals surface area contributed by atoms with Crippen molar-refractivity contribution in [1.29, 1.82) is 0 Å². The molecular weight excluding hydrogens is 321 g/mol. The molecular formula is C17H11F3N2O2. The largest absolute Gasteiger partial charge is 0.478 e. The first kappa shape index (κ1) is 15.8. The van der Waals surface area contributed by atoms with Crippen LogP contribution in [-0.4, -0.2) is 20.9 Å². The van der Waals surface area contributed by atoms with Gasteiger partial charge in [-0.15, -0.1) is 0 Å². The molecule has 24 heavy (non-hydrogen) atoms. The molecule has 0 spiro atoms. The van der Waals surface area contributed by atoms with Crippen LogP contribution in [0.5, 0.6) is 0 Å². The molecule has 0 saturated heterocycles. The zero-order chi connectivity index (χ0) is 17.3. The highest BCUT2D eigenvalue weighted by molar-refractivity contribution is 5.88. The number of alkyl halides is 3. The molecule has 3 rings (SSSR count). The minimum absolute atomic E-state index is 0.0561. The van der Waals surface area contributed by atoms with Gasteiger partial charge in [-0.2, -0.15) is 18.3 Å². The van der Waals surface area contributed by atoms with Crippen molar-refractivity contribution in [2.24, 2.45) is 0 Å². The van der Waals surface area contributed by atoms with Gasteiger partial charge in [-0.1, -0.05) is 30.3 Å². The maximum absolute atomic E-state index is 13.0. The minimum atomic E-state index is -4.57. The Hall–Kier alpha value is -3.09. The van der Waals surface area contributed by atoms with E-state index in [0.29, 0.717) is 11.3 Å². The van der Waals surface area contributed by atoms with Crippen LogP contribution in [0.2, 0.25) is 0 Å². The van der Waals surface area contributed by atoms with Gasteiger partial charge in [0.15, 0.2) is 5.69 Å². The normalized spacial score (nSPS) is 11.5. The summed E-state index contributed by atoms with van der Waals surface area (Å²) in [6.07, 6.45) is -4.57. The van der Waals surface area contributed by atoms with Crippen LogP contribution >= 0.6 is 0 Å². The van der Waals surface area contributed by atoms with Crippen molar-refractivity contribution in [3.63, 3.8) is 0 Å². The minimum Gasteiger partial charge on any atom is -0.478 e. The third-order valence-corrected chi connectivity index (χ3v) is 3.43. The van der Waals surface area contributed by atoms with Gasteiger partial charge in [0.1, 0.15) is 0 Å². The summed E-state index contributed by atoms with van der Waals surface area (Å²) in [5.74, 6) is -1.10. The lowest BCUT2D eigenvalue weighted by Crippen LogP contribution is -2.07. The Balaban J connectivity index is 2.15. The molecule has 1 heterocycles. The molecule has 0 aliphatic rings. The monoisotopic (exact) mass is 332 g/mol. The number of benzene rings is 2. The number of halogens is 3. The molecule has 0 radical (unpaired) electrons. The zero-order valence-electron chi connectivity index (χ0n) is 12.2. The standard InChI is InChI=1S/C17H11F3N2O2/c18-17(19,20)15-10-14(11-6-8-12(9-7-11)16(23)24)22(21-15)13-4-2-1-3-5-13/h1-10H,(H,23,24). The Bertz CT molecular complexity index is 869. The fourth-order valence-electron chi connectivity index (χ4n) is 2.27. The Morgan fingerprint density at radius 3 is 2.17 bits per heavy atom. The van der Waals surface area contributed by atoms with Crippen LogP contribution in [0.1, 0.15) is 16.1 Å². The first-order valence-corrected chi connectivity index (χ1v) is 6.92. The van der Waals surface area contributed by atoms with E-state index in [1.54, 1.807) is 30.3 Å². The number of nitrogens with zero attached hydrogens (tertiary/aromatic N) is 2. The third-order valence-electron chi connectivity index (χ3n) is 3.43. The van der Waals surface area contributed by atoms with E-state index >= 15 is 0 Å². The zero-order valence-corrected chi connectivity index (χ0v) is 12.2. The molecule has 0 aliphatic carbocycles. The van der Waals surface area contributed by atoms with Crippen LogP contribution in [-0.2, 0) is 6.18 Å². The summed E-state index contributed by atoms with van der Waals surface area (Å²) in [4.78, 5) is 10.9. The van der Waals surface area contributed by atoms with E-state index in [1.165, 1.54) is 28.9 Å². The number of rotatable bonds is 3. The molecule has 0 atom stereocenters. The second-order valence-electron chi connectivity index (χ2n) is 5.04. The van der Waals surface area contributed by atoms with Crippen molar-refractivity contribution in [1.82, 2.24) is 9.78 Å². The van der Waals surface area contributed by atoms with E-state index in [0.717, 1.165) is 6.07 Å². The number of carboxylic acid groups (broad SMARTS) is 1. The van der Waals surface area contributed by atoms with Crippen LogP contribution in [0.4, 0.5) is 13.2 Å². The molecule has 0 bridgehead atoms. The number of aromatic nitrogens is 2. The second-order valence-corrected chi connectivity index (χ2v) is 5.04. The lowest BCUT2D eigenvalue weighted by Gasteiger charge is -2.07. The van der Waals surface area contributed by atoms with Gasteiger partial charge in [-0.05, 0) is 30.3 Å². The van der Waals surface area contributed by atoms with E-state index < -0.39 is 17.8 Å². The smallest absolute Gasteiger partial charge is 0.435 e. The Morgan fingerprint density at radius 2 is 1.62 bits per heavy atom. The number of aromatic carboxylic acids is 1. The Kier molecular flexibility index (Phi) is 3.84. The van der Waals surface area contributed by atoms with Crippen LogP contribution in [0.3, 0.4) is 0 Å². The average molecular weight is 332 g/mol. The fourth-order valence-corrected chi connectivity index (χ4v) is 2.27. The maximum Gasteiger partial charge on any atom is 0.435 e. The van der Waals surface area contributed by atoms with E-state index in [1.807, 2.05) is 0 Å². The Labute approximate surface area is 134 Å². The number of carbonyl (C=O) groups is 1. The van der Waals surface area contributed by atoms with Crippen LogP contribution in [0.25, 0.3) is 16.9 Å². The molecule has 1 aromatic heterocycles. The van der Waals surface area contributed by atoms with Crippen LogP contribution < -0.4 is 0 Å². The number of carboxylic acids is 1. The van der Waals surface area contributed by atoms with Crippen molar-refractivity contribution in [2.75, 3.05) is 0 Å². The van der Waals surface area contributed by atoms with Gasteiger partial charge in [0, 0.05) is 5.56 Å². The highest BCUT2D eigenvalue weighted by atomic mass is 19.4. The third kappa shape index (κ3) is 3.01. The average Bonchev–Trinajstić information content (AvgIpc) is 3.01. The van der Waals surface area contributed by atoms with Crippen molar-refractivity contribution < 1.29 is 23.1 Å². The lowest BCUT2D eigenvalue weighted by atomic mass is 10.1. The summed E-state index contributed by atoms with van der Waals surface area (Å²) in [6.45, 7) is 0.